The number of benzene rings is 2. The standard InChI is InChI=1S/C15H13ClF2O2/c1-9(19)13-5-4-12(7-15(13)18)20-8-10-2-3-11(16)6-14(10)17/h2-7,9,19H,8H2,1H3/t9-/m0/s1. The molecule has 0 unspecified atom stereocenters. The van der Waals surface area contributed by atoms with Gasteiger partial charge >= 0.3 is 0 Å². The Bertz CT molecular complexity index is 615. The predicted octanol–water partition coefficient (Wildman–Crippen LogP) is 4.25. The summed E-state index contributed by atoms with van der Waals surface area (Å²) < 4.78 is 32.5. The summed E-state index contributed by atoms with van der Waals surface area (Å²) in [7, 11) is 0. The summed E-state index contributed by atoms with van der Waals surface area (Å²) in [5.74, 6) is -0.770. The average Bonchev–Trinajstić information content (AvgIpc) is 2.37. The van der Waals surface area contributed by atoms with Crippen molar-refractivity contribution in [2.24, 2.45) is 0 Å². The molecule has 0 amide bonds. The second kappa shape index (κ2) is 6.20. The predicted molar refractivity (Wildman–Crippen MR) is 72.8 cm³/mol. The lowest BCUT2D eigenvalue weighted by Crippen LogP contribution is -2.00. The Balaban J connectivity index is 2.09. The molecule has 0 aliphatic heterocycles. The third-order valence-electron chi connectivity index (χ3n) is 2.83. The first kappa shape index (κ1) is 14.8. The van der Waals surface area contributed by atoms with Gasteiger partial charge in [-0.1, -0.05) is 17.7 Å². The summed E-state index contributed by atoms with van der Waals surface area (Å²) in [5, 5.41) is 9.63. The lowest BCUT2D eigenvalue weighted by Gasteiger charge is -2.10. The molecule has 20 heavy (non-hydrogen) atoms. The second-order valence-electron chi connectivity index (χ2n) is 4.38. The maximum atomic E-state index is 13.6. The second-order valence-corrected chi connectivity index (χ2v) is 4.82. The van der Waals surface area contributed by atoms with E-state index < -0.39 is 17.7 Å². The summed E-state index contributed by atoms with van der Waals surface area (Å²) in [4.78, 5) is 0. The van der Waals surface area contributed by atoms with Crippen LogP contribution in [0.5, 0.6) is 5.75 Å². The van der Waals surface area contributed by atoms with Crippen molar-refractivity contribution >= 4 is 11.6 Å². The summed E-state index contributed by atoms with van der Waals surface area (Å²) >= 11 is 5.65. The van der Waals surface area contributed by atoms with E-state index in [1.54, 1.807) is 6.07 Å². The Morgan fingerprint density at radius 2 is 1.90 bits per heavy atom. The van der Waals surface area contributed by atoms with Crippen molar-refractivity contribution in [1.82, 2.24) is 0 Å². The van der Waals surface area contributed by atoms with Gasteiger partial charge in [-0.25, -0.2) is 8.78 Å². The molecule has 0 saturated carbocycles. The SMILES string of the molecule is C[C@H](O)c1ccc(OCc2ccc(Cl)cc2F)cc1F. The summed E-state index contributed by atoms with van der Waals surface area (Å²) in [6, 6.07) is 8.39. The highest BCUT2D eigenvalue weighted by atomic mass is 35.5. The van der Waals surface area contributed by atoms with Crippen LogP contribution in [-0.4, -0.2) is 5.11 Å². The highest BCUT2D eigenvalue weighted by Crippen LogP contribution is 2.23. The molecule has 2 aromatic carbocycles. The lowest BCUT2D eigenvalue weighted by atomic mass is 10.1. The average molecular weight is 299 g/mol. The fourth-order valence-electron chi connectivity index (χ4n) is 1.74. The van der Waals surface area contributed by atoms with Crippen LogP contribution in [0.3, 0.4) is 0 Å². The molecular formula is C15H13ClF2O2. The van der Waals surface area contributed by atoms with Gasteiger partial charge in [0.05, 0.1) is 6.10 Å². The van der Waals surface area contributed by atoms with Gasteiger partial charge < -0.3 is 9.84 Å². The van der Waals surface area contributed by atoms with E-state index in [4.69, 9.17) is 16.3 Å². The van der Waals surface area contributed by atoms with Crippen LogP contribution >= 0.6 is 11.6 Å². The Kier molecular flexibility index (Phi) is 4.57. The number of halogens is 3. The van der Waals surface area contributed by atoms with E-state index in [1.165, 1.54) is 31.2 Å². The molecule has 0 spiro atoms. The molecule has 5 heteroatoms. The normalized spacial score (nSPS) is 12.2. The molecule has 0 heterocycles. The van der Waals surface area contributed by atoms with Gasteiger partial charge in [-0.15, -0.1) is 0 Å². The number of hydrogen-bond acceptors (Lipinski definition) is 2. The Morgan fingerprint density at radius 1 is 1.15 bits per heavy atom. The zero-order chi connectivity index (χ0) is 14.7. The van der Waals surface area contributed by atoms with Crippen molar-refractivity contribution in [3.8, 4) is 5.75 Å². The Labute approximate surface area is 120 Å². The van der Waals surface area contributed by atoms with Crippen molar-refractivity contribution in [1.29, 1.82) is 0 Å². The van der Waals surface area contributed by atoms with Crippen molar-refractivity contribution in [2.75, 3.05) is 0 Å². The van der Waals surface area contributed by atoms with Crippen molar-refractivity contribution in [3.63, 3.8) is 0 Å². The third kappa shape index (κ3) is 3.46. The van der Waals surface area contributed by atoms with Gasteiger partial charge in [-0.2, -0.15) is 0 Å². The van der Waals surface area contributed by atoms with Gasteiger partial charge in [0.1, 0.15) is 24.0 Å². The molecule has 0 aliphatic carbocycles. The first-order chi connectivity index (χ1) is 9.47. The van der Waals surface area contributed by atoms with Crippen LogP contribution in [0.25, 0.3) is 0 Å². The highest BCUT2D eigenvalue weighted by molar-refractivity contribution is 6.30. The Morgan fingerprint density at radius 3 is 2.50 bits per heavy atom. The maximum absolute atomic E-state index is 13.6. The van der Waals surface area contributed by atoms with Crippen LogP contribution in [0.15, 0.2) is 36.4 Å². The molecule has 106 valence electrons. The van der Waals surface area contributed by atoms with Gasteiger partial charge in [0, 0.05) is 22.2 Å². The van der Waals surface area contributed by atoms with E-state index >= 15 is 0 Å². The van der Waals surface area contributed by atoms with E-state index in [9.17, 15) is 13.9 Å². The fraction of sp³-hybridized carbons (Fsp3) is 0.200. The van der Waals surface area contributed by atoms with Crippen LogP contribution in [0, 0.1) is 11.6 Å². The molecule has 1 N–H and O–H groups in total. The van der Waals surface area contributed by atoms with Crippen molar-refractivity contribution in [2.45, 2.75) is 19.6 Å². The van der Waals surface area contributed by atoms with Gasteiger partial charge in [0.15, 0.2) is 0 Å². The van der Waals surface area contributed by atoms with E-state index in [1.807, 2.05) is 0 Å². The quantitative estimate of drug-likeness (QED) is 0.914. The molecule has 0 bridgehead atoms. The summed E-state index contributed by atoms with van der Waals surface area (Å²) in [6.07, 6.45) is -0.891. The van der Waals surface area contributed by atoms with E-state index in [0.29, 0.717) is 10.6 Å². The van der Waals surface area contributed by atoms with Crippen LogP contribution in [-0.2, 0) is 6.61 Å². The molecule has 2 rings (SSSR count). The first-order valence-corrected chi connectivity index (χ1v) is 6.39. The van der Waals surface area contributed by atoms with Gasteiger partial charge in [0.2, 0.25) is 0 Å². The minimum Gasteiger partial charge on any atom is -0.489 e. The minimum absolute atomic E-state index is 0.0313. The summed E-state index contributed by atoms with van der Waals surface area (Å²) in [6.45, 7) is 1.44. The molecule has 0 fully saturated rings. The van der Waals surface area contributed by atoms with E-state index in [-0.39, 0.29) is 17.9 Å². The number of ether oxygens (including phenoxy) is 1. The molecule has 0 aliphatic rings. The summed E-state index contributed by atoms with van der Waals surface area (Å²) in [5.41, 5.74) is 0.518. The van der Waals surface area contributed by atoms with Crippen LogP contribution in [0.2, 0.25) is 5.02 Å². The topological polar surface area (TPSA) is 29.5 Å². The number of aliphatic hydroxyl groups excluding tert-OH is 1. The minimum atomic E-state index is -0.891. The number of hydrogen-bond donors (Lipinski definition) is 1. The molecule has 2 aromatic rings. The van der Waals surface area contributed by atoms with Crippen molar-refractivity contribution < 1.29 is 18.6 Å². The third-order valence-corrected chi connectivity index (χ3v) is 3.07. The van der Waals surface area contributed by atoms with Gasteiger partial charge in [0.25, 0.3) is 0 Å². The fourth-order valence-corrected chi connectivity index (χ4v) is 1.90. The zero-order valence-corrected chi connectivity index (χ0v) is 11.5. The van der Waals surface area contributed by atoms with E-state index in [2.05, 4.69) is 0 Å². The molecule has 1 atom stereocenters. The molecule has 2 nitrogen and oxygen atoms in total. The largest absolute Gasteiger partial charge is 0.489 e. The Hall–Kier alpha value is -1.65. The van der Waals surface area contributed by atoms with Crippen LogP contribution in [0.1, 0.15) is 24.2 Å². The highest BCUT2D eigenvalue weighted by Gasteiger charge is 2.10. The lowest BCUT2D eigenvalue weighted by molar-refractivity contribution is 0.194. The van der Waals surface area contributed by atoms with E-state index in [0.717, 1.165) is 6.07 Å². The number of aliphatic hydroxyl groups is 1. The van der Waals surface area contributed by atoms with Crippen LogP contribution < -0.4 is 4.74 Å². The molecule has 0 radical (unpaired) electrons. The first-order valence-electron chi connectivity index (χ1n) is 6.01. The zero-order valence-electron chi connectivity index (χ0n) is 10.7. The van der Waals surface area contributed by atoms with Gasteiger partial charge in [-0.05, 0) is 31.2 Å². The van der Waals surface area contributed by atoms with Crippen LogP contribution in [0.4, 0.5) is 8.78 Å². The maximum Gasteiger partial charge on any atom is 0.132 e. The van der Waals surface area contributed by atoms with Gasteiger partial charge in [-0.3, -0.25) is 0 Å². The molecule has 0 saturated heterocycles. The monoisotopic (exact) mass is 298 g/mol. The number of rotatable bonds is 4. The molecular weight excluding hydrogens is 286 g/mol. The molecule has 0 aromatic heterocycles. The smallest absolute Gasteiger partial charge is 0.132 e. The van der Waals surface area contributed by atoms with Crippen molar-refractivity contribution in [3.05, 3.63) is 64.2 Å².